The van der Waals surface area contributed by atoms with E-state index in [1.54, 1.807) is 40.7 Å². The van der Waals surface area contributed by atoms with Crippen molar-refractivity contribution >= 4 is 11.7 Å². The highest BCUT2D eigenvalue weighted by Crippen LogP contribution is 2.14. The van der Waals surface area contributed by atoms with Gasteiger partial charge in [0, 0.05) is 25.1 Å². The highest BCUT2D eigenvalue weighted by atomic mass is 16.5. The second kappa shape index (κ2) is 8.45. The number of rotatable bonds is 6. The van der Waals surface area contributed by atoms with E-state index in [0.717, 1.165) is 25.0 Å². The van der Waals surface area contributed by atoms with E-state index in [4.69, 9.17) is 4.74 Å². The number of benzene rings is 1. The van der Waals surface area contributed by atoms with E-state index < -0.39 is 5.91 Å². The number of aryl methyl sites for hydroxylation is 1. The molecule has 1 aliphatic heterocycles. The van der Waals surface area contributed by atoms with Crippen molar-refractivity contribution in [2.75, 3.05) is 11.9 Å². The fourth-order valence-corrected chi connectivity index (χ4v) is 3.56. The number of anilines is 1. The minimum absolute atomic E-state index is 0.0278. The van der Waals surface area contributed by atoms with Crippen LogP contribution >= 0.6 is 0 Å². The molecule has 0 bridgehead atoms. The minimum Gasteiger partial charge on any atom is -0.376 e. The summed E-state index contributed by atoms with van der Waals surface area (Å²) in [6, 6.07) is 13.5. The lowest BCUT2D eigenvalue weighted by Crippen LogP contribution is -2.33. The molecule has 1 saturated heterocycles. The van der Waals surface area contributed by atoms with Gasteiger partial charge in [-0.15, -0.1) is 0 Å². The molecule has 2 aromatic heterocycles. The first kappa shape index (κ1) is 19.1. The highest BCUT2D eigenvalue weighted by molar-refractivity contribution is 6.04. The van der Waals surface area contributed by atoms with Crippen LogP contribution in [0.25, 0.3) is 0 Å². The molecule has 0 radical (unpaired) electrons. The van der Waals surface area contributed by atoms with E-state index in [2.05, 4.69) is 10.4 Å². The molecule has 7 heteroatoms. The molecule has 1 atom stereocenters. The fraction of sp³-hybridized carbons (Fsp3) is 0.318. The summed E-state index contributed by atoms with van der Waals surface area (Å²) < 4.78 is 8.93. The molecule has 3 heterocycles. The predicted octanol–water partition coefficient (Wildman–Crippen LogP) is 2.83. The van der Waals surface area contributed by atoms with Crippen molar-refractivity contribution < 1.29 is 9.53 Å². The Bertz CT molecular complexity index is 1050. The van der Waals surface area contributed by atoms with Gasteiger partial charge in [-0.3, -0.25) is 14.3 Å². The van der Waals surface area contributed by atoms with Crippen LogP contribution in [0.4, 0.5) is 5.82 Å². The maximum absolute atomic E-state index is 12.9. The summed E-state index contributed by atoms with van der Waals surface area (Å²) in [5, 5.41) is 7.14. The topological polar surface area (TPSA) is 78.1 Å². The largest absolute Gasteiger partial charge is 0.376 e. The Morgan fingerprint density at radius 2 is 2.03 bits per heavy atom. The molecule has 1 fully saturated rings. The Morgan fingerprint density at radius 1 is 1.21 bits per heavy atom. The third-order valence-corrected chi connectivity index (χ3v) is 5.09. The van der Waals surface area contributed by atoms with E-state index in [9.17, 15) is 9.59 Å². The van der Waals surface area contributed by atoms with Crippen molar-refractivity contribution in [3.05, 3.63) is 81.9 Å². The smallest absolute Gasteiger partial charge is 0.263 e. The number of nitrogens with zero attached hydrogens (tertiary/aromatic N) is 3. The van der Waals surface area contributed by atoms with Crippen LogP contribution in [0.5, 0.6) is 0 Å². The third kappa shape index (κ3) is 4.46. The van der Waals surface area contributed by atoms with Crippen molar-refractivity contribution in [2.45, 2.75) is 39.0 Å². The number of hydrogen-bond acceptors (Lipinski definition) is 4. The number of carbonyl (C=O) groups excluding carboxylic acids is 1. The fourth-order valence-electron chi connectivity index (χ4n) is 3.56. The first-order chi connectivity index (χ1) is 14.1. The third-order valence-electron chi connectivity index (χ3n) is 5.09. The van der Waals surface area contributed by atoms with Gasteiger partial charge < -0.3 is 14.6 Å². The lowest BCUT2D eigenvalue weighted by atomic mass is 10.1. The first-order valence-corrected chi connectivity index (χ1v) is 9.80. The number of ether oxygens (including phenoxy) is 1. The van der Waals surface area contributed by atoms with Crippen molar-refractivity contribution in [3.63, 3.8) is 0 Å². The number of pyridine rings is 1. The number of carbonyl (C=O) groups is 1. The molecular weight excluding hydrogens is 368 g/mol. The molecule has 1 aromatic carbocycles. The Morgan fingerprint density at radius 3 is 2.79 bits per heavy atom. The van der Waals surface area contributed by atoms with Gasteiger partial charge in [-0.2, -0.15) is 5.10 Å². The quantitative estimate of drug-likeness (QED) is 0.700. The molecule has 29 heavy (non-hydrogen) atoms. The summed E-state index contributed by atoms with van der Waals surface area (Å²) in [6.07, 6.45) is 5.49. The van der Waals surface area contributed by atoms with Crippen molar-refractivity contribution in [2.24, 2.45) is 0 Å². The molecule has 150 valence electrons. The van der Waals surface area contributed by atoms with Gasteiger partial charge in [-0.05, 0) is 37.0 Å². The summed E-state index contributed by atoms with van der Waals surface area (Å²) in [4.78, 5) is 25.7. The molecule has 1 amide bonds. The molecule has 0 aliphatic carbocycles. The SMILES string of the molecule is Cc1ccn(CC2CCCO2)c(=O)c1C(=O)Nc1ccn(Cc2ccccc2)n1. The molecule has 1 aliphatic rings. The standard InChI is InChI=1S/C22H24N4O3/c1-16-9-11-25(15-18-8-5-13-29-18)22(28)20(16)21(27)23-19-10-12-26(24-19)14-17-6-3-2-4-7-17/h2-4,6-7,9-12,18H,5,8,13-15H2,1H3,(H,23,24,27). The van der Waals surface area contributed by atoms with Crippen LogP contribution in [0.3, 0.4) is 0 Å². The van der Waals surface area contributed by atoms with Gasteiger partial charge in [0.2, 0.25) is 0 Å². The van der Waals surface area contributed by atoms with Gasteiger partial charge in [0.05, 0.1) is 19.2 Å². The Kier molecular flexibility index (Phi) is 5.57. The monoisotopic (exact) mass is 392 g/mol. The van der Waals surface area contributed by atoms with Gasteiger partial charge in [-0.1, -0.05) is 30.3 Å². The summed E-state index contributed by atoms with van der Waals surface area (Å²) in [5.74, 6) is -0.0292. The summed E-state index contributed by atoms with van der Waals surface area (Å²) >= 11 is 0. The van der Waals surface area contributed by atoms with Gasteiger partial charge in [0.15, 0.2) is 5.82 Å². The second-order valence-electron chi connectivity index (χ2n) is 7.30. The molecule has 0 spiro atoms. The number of amides is 1. The Hall–Kier alpha value is -3.19. The zero-order chi connectivity index (χ0) is 20.2. The molecule has 7 nitrogen and oxygen atoms in total. The second-order valence-corrected chi connectivity index (χ2v) is 7.30. The average molecular weight is 392 g/mol. The number of aromatic nitrogens is 3. The van der Waals surface area contributed by atoms with Crippen LogP contribution in [0.1, 0.15) is 34.3 Å². The van der Waals surface area contributed by atoms with E-state index in [0.29, 0.717) is 24.5 Å². The van der Waals surface area contributed by atoms with Crippen LogP contribution in [-0.2, 0) is 17.8 Å². The normalized spacial score (nSPS) is 16.1. The predicted molar refractivity (Wildman–Crippen MR) is 110 cm³/mol. The summed E-state index contributed by atoms with van der Waals surface area (Å²) in [7, 11) is 0. The van der Waals surface area contributed by atoms with E-state index in [-0.39, 0.29) is 17.2 Å². The molecule has 4 rings (SSSR count). The Balaban J connectivity index is 1.49. The van der Waals surface area contributed by atoms with Crippen molar-refractivity contribution in [1.29, 1.82) is 0 Å². The zero-order valence-corrected chi connectivity index (χ0v) is 16.4. The molecule has 1 N–H and O–H groups in total. The van der Waals surface area contributed by atoms with Gasteiger partial charge in [0.1, 0.15) is 5.56 Å². The Labute approximate surface area is 168 Å². The van der Waals surface area contributed by atoms with E-state index >= 15 is 0 Å². The van der Waals surface area contributed by atoms with Crippen LogP contribution in [-0.4, -0.2) is 33.0 Å². The maximum Gasteiger partial charge on any atom is 0.263 e. The average Bonchev–Trinajstić information content (AvgIpc) is 3.37. The molecular formula is C22H24N4O3. The van der Waals surface area contributed by atoms with Gasteiger partial charge >= 0.3 is 0 Å². The van der Waals surface area contributed by atoms with Crippen LogP contribution in [0.15, 0.2) is 59.7 Å². The lowest BCUT2D eigenvalue weighted by molar-refractivity contribution is 0.0952. The number of nitrogens with one attached hydrogen (secondary N) is 1. The van der Waals surface area contributed by atoms with Gasteiger partial charge in [0.25, 0.3) is 11.5 Å². The summed E-state index contributed by atoms with van der Waals surface area (Å²) in [5.41, 5.74) is 1.59. The van der Waals surface area contributed by atoms with Gasteiger partial charge in [-0.25, -0.2) is 0 Å². The zero-order valence-electron chi connectivity index (χ0n) is 16.4. The minimum atomic E-state index is -0.445. The maximum atomic E-state index is 12.9. The van der Waals surface area contributed by atoms with Crippen LogP contribution in [0.2, 0.25) is 0 Å². The van der Waals surface area contributed by atoms with Crippen LogP contribution < -0.4 is 10.9 Å². The summed E-state index contributed by atoms with van der Waals surface area (Å²) in [6.45, 7) is 3.56. The molecule has 0 saturated carbocycles. The van der Waals surface area contributed by atoms with E-state index in [1.165, 1.54) is 0 Å². The first-order valence-electron chi connectivity index (χ1n) is 9.80. The lowest BCUT2D eigenvalue weighted by Gasteiger charge is -2.14. The molecule has 1 unspecified atom stereocenters. The number of hydrogen-bond donors (Lipinski definition) is 1. The van der Waals surface area contributed by atoms with Crippen molar-refractivity contribution in [3.8, 4) is 0 Å². The van der Waals surface area contributed by atoms with E-state index in [1.807, 2.05) is 30.3 Å². The highest BCUT2D eigenvalue weighted by Gasteiger charge is 2.20. The van der Waals surface area contributed by atoms with Crippen molar-refractivity contribution in [1.82, 2.24) is 14.3 Å². The van der Waals surface area contributed by atoms with Crippen LogP contribution in [0, 0.1) is 6.92 Å². The molecule has 3 aromatic rings.